The summed E-state index contributed by atoms with van der Waals surface area (Å²) in [6.07, 6.45) is 2.12. The van der Waals surface area contributed by atoms with E-state index in [1.54, 1.807) is 0 Å². The first kappa shape index (κ1) is 13.4. The van der Waals surface area contributed by atoms with Gasteiger partial charge in [0.05, 0.1) is 6.54 Å². The number of nitrogens with one attached hydrogen (secondary N) is 2. The Kier molecular flexibility index (Phi) is 3.92. The van der Waals surface area contributed by atoms with Gasteiger partial charge in [0.15, 0.2) is 5.96 Å². The van der Waals surface area contributed by atoms with Crippen molar-refractivity contribution >= 4 is 5.96 Å². The summed E-state index contributed by atoms with van der Waals surface area (Å²) in [6, 6.07) is 11.2. The third-order valence-corrected chi connectivity index (χ3v) is 4.34. The van der Waals surface area contributed by atoms with E-state index in [2.05, 4.69) is 52.9 Å². The number of hydrogen-bond donors (Lipinski definition) is 2. The number of ether oxygens (including phenoxy) is 1. The molecule has 0 aromatic heterocycles. The molecule has 108 valence electrons. The van der Waals surface area contributed by atoms with E-state index in [-0.39, 0.29) is 5.41 Å². The standard InChI is InChI=1S/C16H23N3O/c1-13-11-17-15(19-13)18-12-16(7-9-20-10-8-16)14-5-3-2-4-6-14/h2-6,13H,7-12H2,1H3,(H2,17,18,19). The second-order valence-corrected chi connectivity index (χ2v) is 5.85. The van der Waals surface area contributed by atoms with Crippen LogP contribution in [0.3, 0.4) is 0 Å². The molecule has 1 atom stereocenters. The lowest BCUT2D eigenvalue weighted by atomic mass is 9.74. The number of nitrogens with zero attached hydrogens (tertiary/aromatic N) is 1. The van der Waals surface area contributed by atoms with Gasteiger partial charge in [0.2, 0.25) is 0 Å². The van der Waals surface area contributed by atoms with Crippen LogP contribution in [-0.2, 0) is 10.2 Å². The maximum atomic E-state index is 5.56. The summed E-state index contributed by atoms with van der Waals surface area (Å²) < 4.78 is 5.56. The minimum absolute atomic E-state index is 0.162. The van der Waals surface area contributed by atoms with E-state index in [4.69, 9.17) is 4.74 Å². The summed E-state index contributed by atoms with van der Waals surface area (Å²) in [5.74, 6) is 0.944. The first-order valence-electron chi connectivity index (χ1n) is 7.47. The summed E-state index contributed by atoms with van der Waals surface area (Å²) >= 11 is 0. The van der Waals surface area contributed by atoms with Crippen molar-refractivity contribution in [3.8, 4) is 0 Å². The van der Waals surface area contributed by atoms with Crippen molar-refractivity contribution in [1.29, 1.82) is 0 Å². The molecular weight excluding hydrogens is 250 g/mol. The monoisotopic (exact) mass is 273 g/mol. The van der Waals surface area contributed by atoms with Crippen molar-refractivity contribution in [2.75, 3.05) is 26.3 Å². The smallest absolute Gasteiger partial charge is 0.191 e. The molecular formula is C16H23N3O. The van der Waals surface area contributed by atoms with Crippen LogP contribution in [0.15, 0.2) is 35.3 Å². The first-order valence-corrected chi connectivity index (χ1v) is 7.47. The predicted octanol–water partition coefficient (Wildman–Crippen LogP) is 1.67. The van der Waals surface area contributed by atoms with Crippen molar-refractivity contribution in [3.05, 3.63) is 35.9 Å². The fourth-order valence-corrected chi connectivity index (χ4v) is 3.03. The Morgan fingerprint density at radius 1 is 1.30 bits per heavy atom. The molecule has 2 aliphatic heterocycles. The molecule has 1 fully saturated rings. The van der Waals surface area contributed by atoms with E-state index in [0.29, 0.717) is 6.04 Å². The Balaban J connectivity index is 1.73. The van der Waals surface area contributed by atoms with Gasteiger partial charge < -0.3 is 15.4 Å². The van der Waals surface area contributed by atoms with Crippen LogP contribution >= 0.6 is 0 Å². The number of aliphatic imine (C=N–C) groups is 1. The number of benzene rings is 1. The lowest BCUT2D eigenvalue weighted by Gasteiger charge is -2.38. The van der Waals surface area contributed by atoms with Crippen LogP contribution < -0.4 is 10.6 Å². The largest absolute Gasteiger partial charge is 0.381 e. The molecule has 2 aliphatic rings. The normalized spacial score (nSPS) is 24.9. The number of guanidine groups is 1. The van der Waals surface area contributed by atoms with Crippen LogP contribution in [0.2, 0.25) is 0 Å². The minimum Gasteiger partial charge on any atom is -0.381 e. The lowest BCUT2D eigenvalue weighted by Crippen LogP contribution is -2.47. The number of rotatable bonds is 3. The quantitative estimate of drug-likeness (QED) is 0.880. The van der Waals surface area contributed by atoms with Crippen LogP contribution in [0.25, 0.3) is 0 Å². The van der Waals surface area contributed by atoms with Gasteiger partial charge in [-0.05, 0) is 25.3 Å². The summed E-state index contributed by atoms with van der Waals surface area (Å²) in [4.78, 5) is 4.49. The van der Waals surface area contributed by atoms with Gasteiger partial charge in [-0.15, -0.1) is 0 Å². The van der Waals surface area contributed by atoms with Crippen molar-refractivity contribution in [2.24, 2.45) is 4.99 Å². The molecule has 0 saturated carbocycles. The lowest BCUT2D eigenvalue weighted by molar-refractivity contribution is 0.0514. The highest BCUT2D eigenvalue weighted by Gasteiger charge is 2.34. The minimum atomic E-state index is 0.162. The molecule has 1 unspecified atom stereocenters. The van der Waals surface area contributed by atoms with Gasteiger partial charge in [-0.1, -0.05) is 30.3 Å². The maximum Gasteiger partial charge on any atom is 0.191 e. The average Bonchev–Trinajstić information content (AvgIpc) is 2.93. The van der Waals surface area contributed by atoms with Crippen LogP contribution in [0.1, 0.15) is 25.3 Å². The molecule has 0 radical (unpaired) electrons. The van der Waals surface area contributed by atoms with Gasteiger partial charge in [0, 0.05) is 31.2 Å². The van der Waals surface area contributed by atoms with Gasteiger partial charge in [-0.2, -0.15) is 0 Å². The molecule has 3 rings (SSSR count). The van der Waals surface area contributed by atoms with Gasteiger partial charge in [0.25, 0.3) is 0 Å². The van der Waals surface area contributed by atoms with Gasteiger partial charge in [-0.3, -0.25) is 4.99 Å². The van der Waals surface area contributed by atoms with Gasteiger partial charge in [0.1, 0.15) is 0 Å². The first-order chi connectivity index (χ1) is 9.78. The van der Waals surface area contributed by atoms with E-state index >= 15 is 0 Å². The molecule has 4 heteroatoms. The molecule has 1 aromatic carbocycles. The van der Waals surface area contributed by atoms with E-state index in [9.17, 15) is 0 Å². The fraction of sp³-hybridized carbons (Fsp3) is 0.562. The third-order valence-electron chi connectivity index (χ3n) is 4.34. The maximum absolute atomic E-state index is 5.56. The molecule has 0 aliphatic carbocycles. The van der Waals surface area contributed by atoms with Crippen molar-refractivity contribution < 1.29 is 4.74 Å². The highest BCUT2D eigenvalue weighted by atomic mass is 16.5. The molecule has 0 amide bonds. The Morgan fingerprint density at radius 3 is 2.70 bits per heavy atom. The Hall–Kier alpha value is -1.55. The fourth-order valence-electron chi connectivity index (χ4n) is 3.03. The zero-order valence-corrected chi connectivity index (χ0v) is 12.1. The Labute approximate surface area is 120 Å². The summed E-state index contributed by atoms with van der Waals surface area (Å²) in [5, 5.41) is 6.87. The SMILES string of the molecule is CC1CN=C(NCC2(c3ccccc3)CCOCC2)N1. The highest BCUT2D eigenvalue weighted by molar-refractivity contribution is 5.81. The van der Waals surface area contributed by atoms with Gasteiger partial charge in [-0.25, -0.2) is 0 Å². The topological polar surface area (TPSA) is 45.7 Å². The summed E-state index contributed by atoms with van der Waals surface area (Å²) in [6.45, 7) is 5.61. The van der Waals surface area contributed by atoms with E-state index in [0.717, 1.165) is 45.1 Å². The predicted molar refractivity (Wildman–Crippen MR) is 81.1 cm³/mol. The van der Waals surface area contributed by atoms with Crippen molar-refractivity contribution in [2.45, 2.75) is 31.2 Å². The Bertz CT molecular complexity index is 466. The molecule has 1 saturated heterocycles. The number of hydrogen-bond acceptors (Lipinski definition) is 4. The zero-order valence-electron chi connectivity index (χ0n) is 12.1. The summed E-state index contributed by atoms with van der Waals surface area (Å²) in [7, 11) is 0. The second-order valence-electron chi connectivity index (χ2n) is 5.85. The molecule has 0 bridgehead atoms. The molecule has 2 N–H and O–H groups in total. The van der Waals surface area contributed by atoms with Crippen LogP contribution in [0.4, 0.5) is 0 Å². The molecule has 20 heavy (non-hydrogen) atoms. The van der Waals surface area contributed by atoms with E-state index in [1.165, 1.54) is 5.56 Å². The van der Waals surface area contributed by atoms with E-state index < -0.39 is 0 Å². The molecule has 1 aromatic rings. The highest BCUT2D eigenvalue weighted by Crippen LogP contribution is 2.34. The van der Waals surface area contributed by atoms with E-state index in [1.807, 2.05) is 0 Å². The average molecular weight is 273 g/mol. The molecule has 4 nitrogen and oxygen atoms in total. The Morgan fingerprint density at radius 2 is 2.05 bits per heavy atom. The zero-order chi connectivity index (χ0) is 13.8. The third kappa shape index (κ3) is 2.80. The summed E-state index contributed by atoms with van der Waals surface area (Å²) in [5.41, 5.74) is 1.57. The molecule has 0 spiro atoms. The van der Waals surface area contributed by atoms with Gasteiger partial charge >= 0.3 is 0 Å². The second kappa shape index (κ2) is 5.83. The van der Waals surface area contributed by atoms with Crippen molar-refractivity contribution in [3.63, 3.8) is 0 Å². The van der Waals surface area contributed by atoms with Crippen LogP contribution in [0.5, 0.6) is 0 Å². The van der Waals surface area contributed by atoms with Crippen LogP contribution in [-0.4, -0.2) is 38.3 Å². The van der Waals surface area contributed by atoms with Crippen LogP contribution in [0, 0.1) is 0 Å². The molecule has 2 heterocycles. The van der Waals surface area contributed by atoms with Crippen molar-refractivity contribution in [1.82, 2.24) is 10.6 Å².